The highest BCUT2D eigenvalue weighted by molar-refractivity contribution is 4.95. The zero-order chi connectivity index (χ0) is 5.98. The van der Waals surface area contributed by atoms with Crippen LogP contribution in [0.5, 0.6) is 0 Å². The summed E-state index contributed by atoms with van der Waals surface area (Å²) in [6.45, 7) is 2.25. The average molecular weight is 112 g/mol. The van der Waals surface area contributed by atoms with Crippen LogP contribution in [0.1, 0.15) is 19.8 Å². The van der Waals surface area contributed by atoms with Gasteiger partial charge in [-0.1, -0.05) is 13.0 Å². The van der Waals surface area contributed by atoms with Crippen LogP contribution in [0.4, 0.5) is 0 Å². The lowest BCUT2D eigenvalue weighted by molar-refractivity contribution is -0.405. The van der Waals surface area contributed by atoms with Crippen LogP contribution in [0, 0.1) is 5.92 Å². The van der Waals surface area contributed by atoms with E-state index in [1.807, 2.05) is 0 Å². The summed E-state index contributed by atoms with van der Waals surface area (Å²) in [6.07, 6.45) is 7.08. The molecule has 1 unspecified atom stereocenters. The first kappa shape index (κ1) is 5.83. The van der Waals surface area contributed by atoms with Crippen molar-refractivity contribution in [2.75, 3.05) is 0 Å². The van der Waals surface area contributed by atoms with Crippen molar-refractivity contribution in [2.45, 2.75) is 25.8 Å². The molecule has 1 heteroatoms. The molecule has 1 aliphatic rings. The summed E-state index contributed by atoms with van der Waals surface area (Å²) < 4.78 is 0. The molecule has 2 atom stereocenters. The molecule has 0 radical (unpaired) electrons. The van der Waals surface area contributed by atoms with Crippen LogP contribution in [0.15, 0.2) is 12.2 Å². The molecule has 0 fully saturated rings. The van der Waals surface area contributed by atoms with Crippen molar-refractivity contribution in [1.82, 2.24) is 0 Å². The quantitative estimate of drug-likeness (QED) is 0.444. The molecule has 0 aliphatic heterocycles. The second-order valence-corrected chi connectivity index (χ2v) is 2.70. The van der Waals surface area contributed by atoms with Gasteiger partial charge in [0.05, 0.1) is 0 Å². The average Bonchev–Trinajstić information content (AvgIpc) is 1.77. The first-order chi connectivity index (χ1) is 3.79. The lowest BCUT2D eigenvalue weighted by atomic mass is 9.95. The summed E-state index contributed by atoms with van der Waals surface area (Å²) >= 11 is 0. The minimum Gasteiger partial charge on any atom is -0.352 e. The third-order valence-electron chi connectivity index (χ3n) is 1.70. The molecule has 1 rings (SSSR count). The Bertz CT molecular complexity index is 84.6. The lowest BCUT2D eigenvalue weighted by Crippen LogP contribution is -2.60. The molecule has 0 saturated heterocycles. The molecule has 0 amide bonds. The molecule has 3 N–H and O–H groups in total. The van der Waals surface area contributed by atoms with E-state index < -0.39 is 0 Å². The van der Waals surface area contributed by atoms with Gasteiger partial charge in [-0.2, -0.15) is 0 Å². The van der Waals surface area contributed by atoms with E-state index in [1.165, 1.54) is 12.8 Å². The number of allylic oxidation sites excluding steroid dienone is 1. The van der Waals surface area contributed by atoms with Gasteiger partial charge < -0.3 is 5.73 Å². The zero-order valence-corrected chi connectivity index (χ0v) is 5.43. The Morgan fingerprint density at radius 2 is 2.12 bits per heavy atom. The Balaban J connectivity index is 2.42. The molecule has 0 aromatic heterocycles. The van der Waals surface area contributed by atoms with E-state index in [0.717, 1.165) is 5.92 Å². The van der Waals surface area contributed by atoms with Crippen molar-refractivity contribution < 1.29 is 5.73 Å². The van der Waals surface area contributed by atoms with Crippen LogP contribution in [0.2, 0.25) is 0 Å². The first-order valence-corrected chi connectivity index (χ1v) is 3.30. The lowest BCUT2D eigenvalue weighted by Gasteiger charge is -2.12. The molecule has 0 saturated carbocycles. The Kier molecular flexibility index (Phi) is 1.69. The van der Waals surface area contributed by atoms with Crippen LogP contribution in [-0.2, 0) is 0 Å². The van der Waals surface area contributed by atoms with Crippen LogP contribution in [-0.4, -0.2) is 6.04 Å². The minimum absolute atomic E-state index is 0.589. The van der Waals surface area contributed by atoms with Gasteiger partial charge in [0, 0.05) is 6.42 Å². The van der Waals surface area contributed by atoms with Crippen molar-refractivity contribution in [2.24, 2.45) is 5.92 Å². The molecule has 0 aromatic rings. The Labute approximate surface area is 50.6 Å². The molecule has 0 bridgehead atoms. The monoisotopic (exact) mass is 112 g/mol. The van der Waals surface area contributed by atoms with Crippen LogP contribution in [0.3, 0.4) is 0 Å². The second-order valence-electron chi connectivity index (χ2n) is 2.70. The number of hydrogen-bond acceptors (Lipinski definition) is 0. The van der Waals surface area contributed by atoms with Gasteiger partial charge in [-0.15, -0.1) is 0 Å². The van der Waals surface area contributed by atoms with Gasteiger partial charge in [0.25, 0.3) is 0 Å². The highest BCUT2D eigenvalue weighted by Gasteiger charge is 2.09. The van der Waals surface area contributed by atoms with E-state index in [1.54, 1.807) is 0 Å². The van der Waals surface area contributed by atoms with E-state index in [9.17, 15) is 0 Å². The third-order valence-corrected chi connectivity index (χ3v) is 1.70. The van der Waals surface area contributed by atoms with E-state index in [4.69, 9.17) is 0 Å². The van der Waals surface area contributed by atoms with Crippen LogP contribution < -0.4 is 5.73 Å². The topological polar surface area (TPSA) is 27.6 Å². The largest absolute Gasteiger partial charge is 0.352 e. The fourth-order valence-corrected chi connectivity index (χ4v) is 1.02. The van der Waals surface area contributed by atoms with Crippen molar-refractivity contribution in [3.63, 3.8) is 0 Å². The summed E-state index contributed by atoms with van der Waals surface area (Å²) in [5, 5.41) is 0. The van der Waals surface area contributed by atoms with E-state index in [-0.39, 0.29) is 0 Å². The maximum atomic E-state index is 3.95. The molecule has 1 nitrogen and oxygen atoms in total. The maximum absolute atomic E-state index is 3.95. The summed E-state index contributed by atoms with van der Waals surface area (Å²) in [5.41, 5.74) is 3.95. The third kappa shape index (κ3) is 1.34. The van der Waals surface area contributed by atoms with Crippen molar-refractivity contribution in [3.8, 4) is 0 Å². The summed E-state index contributed by atoms with van der Waals surface area (Å²) in [4.78, 5) is 0. The van der Waals surface area contributed by atoms with E-state index >= 15 is 0 Å². The molecule has 1 aliphatic carbocycles. The van der Waals surface area contributed by atoms with Crippen molar-refractivity contribution in [3.05, 3.63) is 12.2 Å². The molecule has 0 aromatic carbocycles. The standard InChI is InChI=1S/C7H13N/c1-6-2-4-7(8)5-3-6/h2,4,6-7H,3,5,8H2,1H3/p+1/t6-,7?/m1/s1. The minimum atomic E-state index is 0.589. The van der Waals surface area contributed by atoms with Gasteiger partial charge in [-0.3, -0.25) is 0 Å². The van der Waals surface area contributed by atoms with Gasteiger partial charge in [0.1, 0.15) is 6.04 Å². The smallest absolute Gasteiger partial charge is 0.103 e. The molecule has 46 valence electrons. The van der Waals surface area contributed by atoms with E-state index in [2.05, 4.69) is 24.8 Å². The Hall–Kier alpha value is -0.300. The highest BCUT2D eigenvalue weighted by Crippen LogP contribution is 2.13. The van der Waals surface area contributed by atoms with Crippen LogP contribution in [0.25, 0.3) is 0 Å². The fourth-order valence-electron chi connectivity index (χ4n) is 1.02. The summed E-state index contributed by atoms with van der Waals surface area (Å²) in [6, 6.07) is 0.589. The summed E-state index contributed by atoms with van der Waals surface area (Å²) in [7, 11) is 0. The zero-order valence-electron chi connectivity index (χ0n) is 5.43. The number of hydrogen-bond donors (Lipinski definition) is 1. The normalized spacial score (nSPS) is 37.8. The fraction of sp³-hybridized carbons (Fsp3) is 0.714. The Morgan fingerprint density at radius 3 is 2.50 bits per heavy atom. The Morgan fingerprint density at radius 1 is 1.38 bits per heavy atom. The molecule has 0 spiro atoms. The molecular formula is C7H14N+. The van der Waals surface area contributed by atoms with Crippen molar-refractivity contribution in [1.29, 1.82) is 0 Å². The van der Waals surface area contributed by atoms with Gasteiger partial charge in [0.15, 0.2) is 0 Å². The summed E-state index contributed by atoms with van der Waals surface area (Å²) in [5.74, 6) is 0.799. The van der Waals surface area contributed by atoms with Gasteiger partial charge in [-0.25, -0.2) is 0 Å². The first-order valence-electron chi connectivity index (χ1n) is 3.30. The van der Waals surface area contributed by atoms with Gasteiger partial charge in [0.2, 0.25) is 0 Å². The van der Waals surface area contributed by atoms with Crippen molar-refractivity contribution >= 4 is 0 Å². The SMILES string of the molecule is C[C@@H]1C=CC([NH3+])CC1. The second kappa shape index (κ2) is 2.31. The molecular weight excluding hydrogens is 98.1 g/mol. The van der Waals surface area contributed by atoms with Gasteiger partial charge >= 0.3 is 0 Å². The predicted octanol–water partition coefficient (Wildman–Crippen LogP) is 0.583. The van der Waals surface area contributed by atoms with Crippen LogP contribution >= 0.6 is 0 Å². The maximum Gasteiger partial charge on any atom is 0.103 e. The predicted molar refractivity (Wildman–Crippen MR) is 34.2 cm³/mol. The molecule has 8 heavy (non-hydrogen) atoms. The molecule has 0 heterocycles. The number of quaternary nitrogens is 1. The number of rotatable bonds is 0. The van der Waals surface area contributed by atoms with E-state index in [0.29, 0.717) is 6.04 Å². The highest BCUT2D eigenvalue weighted by atomic mass is 14.6. The van der Waals surface area contributed by atoms with Gasteiger partial charge in [-0.05, 0) is 18.4 Å².